The molecule has 0 bridgehead atoms. The third kappa shape index (κ3) is 4.18. The molecule has 0 aliphatic carbocycles. The fourth-order valence-electron chi connectivity index (χ4n) is 1.73. The number of rotatable bonds is 6. The monoisotopic (exact) mass is 260 g/mol. The molecule has 1 amide bonds. The summed E-state index contributed by atoms with van der Waals surface area (Å²) in [7, 11) is 0. The first-order chi connectivity index (χ1) is 9.13. The van der Waals surface area contributed by atoms with E-state index in [9.17, 15) is 4.79 Å². The fraction of sp³-hybridized carbons (Fsp3) is 0.308. The summed E-state index contributed by atoms with van der Waals surface area (Å²) >= 11 is 0. The maximum absolute atomic E-state index is 10.6. The van der Waals surface area contributed by atoms with Crippen molar-refractivity contribution in [1.29, 1.82) is 0 Å². The van der Waals surface area contributed by atoms with Crippen LogP contribution in [0.4, 0.5) is 0 Å². The number of primary amides is 1. The van der Waals surface area contributed by atoms with Crippen LogP contribution in [0.25, 0.3) is 0 Å². The van der Waals surface area contributed by atoms with Gasteiger partial charge in [0.2, 0.25) is 11.8 Å². The Hall–Kier alpha value is -2.21. The van der Waals surface area contributed by atoms with Crippen molar-refractivity contribution in [3.05, 3.63) is 47.1 Å². The summed E-state index contributed by atoms with van der Waals surface area (Å²) in [5.74, 6) is 0.657. The van der Waals surface area contributed by atoms with Gasteiger partial charge in [0.25, 0.3) is 0 Å². The maximum Gasteiger partial charge on any atom is 0.240 e. The molecule has 3 N–H and O–H groups in total. The molecular formula is C13H16N4O2. The Morgan fingerprint density at radius 2 is 2.32 bits per heavy atom. The number of hydrogen-bond donors (Lipinski definition) is 2. The molecule has 2 rings (SSSR count). The lowest BCUT2D eigenvalue weighted by molar-refractivity contribution is -0.117. The quantitative estimate of drug-likeness (QED) is 0.790. The zero-order valence-corrected chi connectivity index (χ0v) is 10.7. The minimum absolute atomic E-state index is 0.0929. The molecular weight excluding hydrogens is 244 g/mol. The van der Waals surface area contributed by atoms with Gasteiger partial charge in [0.1, 0.15) is 0 Å². The average molecular weight is 260 g/mol. The van der Waals surface area contributed by atoms with E-state index in [-0.39, 0.29) is 6.54 Å². The van der Waals surface area contributed by atoms with Crippen molar-refractivity contribution in [3.8, 4) is 0 Å². The average Bonchev–Trinajstić information content (AvgIpc) is 2.76. The smallest absolute Gasteiger partial charge is 0.240 e. The highest BCUT2D eigenvalue weighted by molar-refractivity contribution is 5.75. The second-order valence-electron chi connectivity index (χ2n) is 4.34. The molecule has 0 radical (unpaired) electrons. The number of aryl methyl sites for hydroxylation is 1. The van der Waals surface area contributed by atoms with Crippen LogP contribution in [0.2, 0.25) is 0 Å². The van der Waals surface area contributed by atoms with Crippen LogP contribution in [0.15, 0.2) is 28.8 Å². The van der Waals surface area contributed by atoms with Crippen molar-refractivity contribution in [1.82, 2.24) is 15.5 Å². The van der Waals surface area contributed by atoms with E-state index in [2.05, 4.69) is 21.5 Å². The Morgan fingerprint density at radius 1 is 1.47 bits per heavy atom. The highest BCUT2D eigenvalue weighted by Crippen LogP contribution is 2.09. The topological polar surface area (TPSA) is 94.0 Å². The molecule has 100 valence electrons. The normalized spacial score (nSPS) is 10.6. The minimum Gasteiger partial charge on any atom is -0.369 e. The molecule has 0 unspecified atom stereocenters. The summed E-state index contributed by atoms with van der Waals surface area (Å²) in [5.41, 5.74) is 7.35. The first-order valence-corrected chi connectivity index (χ1v) is 5.99. The predicted molar refractivity (Wildman–Crippen MR) is 69.2 cm³/mol. The fourth-order valence-corrected chi connectivity index (χ4v) is 1.73. The Bertz CT molecular complexity index is 565. The Labute approximate surface area is 111 Å². The van der Waals surface area contributed by atoms with E-state index in [0.29, 0.717) is 24.7 Å². The van der Waals surface area contributed by atoms with Crippen LogP contribution in [0.5, 0.6) is 0 Å². The second-order valence-corrected chi connectivity index (χ2v) is 4.34. The zero-order valence-electron chi connectivity index (χ0n) is 10.7. The van der Waals surface area contributed by atoms with Gasteiger partial charge in [0.15, 0.2) is 5.82 Å². The SMILES string of the molecule is Cc1cccc(Cc2noc(CNCC(N)=O)n2)c1. The number of nitrogens with zero attached hydrogens (tertiary/aromatic N) is 2. The van der Waals surface area contributed by atoms with Gasteiger partial charge in [-0.15, -0.1) is 0 Å². The highest BCUT2D eigenvalue weighted by atomic mass is 16.5. The molecule has 0 aliphatic rings. The number of aromatic nitrogens is 2. The molecule has 0 fully saturated rings. The third-order valence-electron chi connectivity index (χ3n) is 2.53. The molecule has 0 aliphatic heterocycles. The van der Waals surface area contributed by atoms with Gasteiger partial charge >= 0.3 is 0 Å². The highest BCUT2D eigenvalue weighted by Gasteiger charge is 2.07. The van der Waals surface area contributed by atoms with Crippen LogP contribution in [-0.4, -0.2) is 22.6 Å². The van der Waals surface area contributed by atoms with Gasteiger partial charge in [0.05, 0.1) is 13.1 Å². The van der Waals surface area contributed by atoms with Crippen LogP contribution in [0.3, 0.4) is 0 Å². The number of benzene rings is 1. The third-order valence-corrected chi connectivity index (χ3v) is 2.53. The van der Waals surface area contributed by atoms with E-state index in [4.69, 9.17) is 10.3 Å². The lowest BCUT2D eigenvalue weighted by Crippen LogP contribution is -2.28. The molecule has 6 heteroatoms. The van der Waals surface area contributed by atoms with Crippen LogP contribution in [0.1, 0.15) is 22.8 Å². The van der Waals surface area contributed by atoms with Crippen molar-refractivity contribution in [2.24, 2.45) is 5.73 Å². The van der Waals surface area contributed by atoms with Crippen LogP contribution in [0, 0.1) is 6.92 Å². The second kappa shape index (κ2) is 6.10. The van der Waals surface area contributed by atoms with E-state index >= 15 is 0 Å². The lowest BCUT2D eigenvalue weighted by atomic mass is 10.1. The van der Waals surface area contributed by atoms with Gasteiger partial charge < -0.3 is 10.3 Å². The molecule has 1 aromatic heterocycles. The number of carbonyl (C=O) groups excluding carboxylic acids is 1. The molecule has 0 saturated carbocycles. The molecule has 1 heterocycles. The first kappa shape index (κ1) is 13.2. The molecule has 0 spiro atoms. The standard InChI is InChI=1S/C13H16N4O2/c1-9-3-2-4-10(5-9)6-12-16-13(19-17-12)8-15-7-11(14)18/h2-5,15H,6-8H2,1H3,(H2,14,18). The number of nitrogens with two attached hydrogens (primary N) is 1. The summed E-state index contributed by atoms with van der Waals surface area (Å²) in [5, 5.41) is 6.71. The number of amides is 1. The minimum atomic E-state index is -0.417. The molecule has 0 atom stereocenters. The summed E-state index contributed by atoms with van der Waals surface area (Å²) in [6.45, 7) is 2.47. The maximum atomic E-state index is 10.6. The summed E-state index contributed by atoms with van der Waals surface area (Å²) in [6, 6.07) is 8.15. The molecule has 19 heavy (non-hydrogen) atoms. The van der Waals surface area contributed by atoms with Gasteiger partial charge in [-0.25, -0.2) is 0 Å². The number of nitrogens with one attached hydrogen (secondary N) is 1. The van der Waals surface area contributed by atoms with Gasteiger partial charge in [0, 0.05) is 6.42 Å². The van der Waals surface area contributed by atoms with Crippen LogP contribution in [-0.2, 0) is 17.8 Å². The van der Waals surface area contributed by atoms with E-state index in [0.717, 1.165) is 5.56 Å². The van der Waals surface area contributed by atoms with E-state index < -0.39 is 5.91 Å². The number of hydrogen-bond acceptors (Lipinski definition) is 5. The van der Waals surface area contributed by atoms with Crippen molar-refractivity contribution in [2.75, 3.05) is 6.54 Å². The van der Waals surface area contributed by atoms with E-state index in [1.165, 1.54) is 5.56 Å². The van der Waals surface area contributed by atoms with Crippen molar-refractivity contribution < 1.29 is 9.32 Å². The lowest BCUT2D eigenvalue weighted by Gasteiger charge is -1.98. The first-order valence-electron chi connectivity index (χ1n) is 5.99. The summed E-state index contributed by atoms with van der Waals surface area (Å²) in [6.07, 6.45) is 0.626. The Kier molecular flexibility index (Phi) is 4.25. The molecule has 1 aromatic carbocycles. The molecule has 2 aromatic rings. The zero-order chi connectivity index (χ0) is 13.7. The van der Waals surface area contributed by atoms with Crippen molar-refractivity contribution in [2.45, 2.75) is 19.9 Å². The number of carbonyl (C=O) groups is 1. The van der Waals surface area contributed by atoms with E-state index in [1.807, 2.05) is 25.1 Å². The van der Waals surface area contributed by atoms with Crippen molar-refractivity contribution >= 4 is 5.91 Å². The van der Waals surface area contributed by atoms with Gasteiger partial charge in [-0.3, -0.25) is 10.1 Å². The van der Waals surface area contributed by atoms with E-state index in [1.54, 1.807) is 0 Å². The predicted octanol–water partition coefficient (Wildman–Crippen LogP) is 0.544. The Morgan fingerprint density at radius 3 is 3.05 bits per heavy atom. The van der Waals surface area contributed by atoms with Gasteiger partial charge in [-0.05, 0) is 12.5 Å². The van der Waals surface area contributed by atoms with Crippen LogP contribution >= 0.6 is 0 Å². The van der Waals surface area contributed by atoms with Crippen molar-refractivity contribution in [3.63, 3.8) is 0 Å². The summed E-state index contributed by atoms with van der Waals surface area (Å²) < 4.78 is 5.07. The molecule has 6 nitrogen and oxygen atoms in total. The largest absolute Gasteiger partial charge is 0.369 e. The van der Waals surface area contributed by atoms with Gasteiger partial charge in [-0.1, -0.05) is 35.0 Å². The van der Waals surface area contributed by atoms with Crippen LogP contribution < -0.4 is 11.1 Å². The molecule has 0 saturated heterocycles. The van der Waals surface area contributed by atoms with Gasteiger partial charge in [-0.2, -0.15) is 4.98 Å². The Balaban J connectivity index is 1.92. The summed E-state index contributed by atoms with van der Waals surface area (Å²) in [4.78, 5) is 14.8.